The van der Waals surface area contributed by atoms with Gasteiger partial charge in [0.2, 0.25) is 0 Å². The Morgan fingerprint density at radius 2 is 1.80 bits per heavy atom. The zero-order chi connectivity index (χ0) is 22.1. The second kappa shape index (κ2) is 8.74. The first-order chi connectivity index (χ1) is 14.0. The van der Waals surface area contributed by atoms with Crippen molar-refractivity contribution in [2.45, 2.75) is 24.3 Å². The Kier molecular flexibility index (Phi) is 6.66. The molecular formula is C19H20Cl2N2O5S2. The molecule has 2 aromatic carbocycles. The summed E-state index contributed by atoms with van der Waals surface area (Å²) in [5.74, 6) is -0.246. The van der Waals surface area contributed by atoms with Crippen molar-refractivity contribution >= 4 is 54.7 Å². The largest absolute Gasteiger partial charge is 0.335 e. The van der Waals surface area contributed by atoms with E-state index in [4.69, 9.17) is 23.2 Å². The second-order valence-electron chi connectivity index (χ2n) is 6.91. The summed E-state index contributed by atoms with van der Waals surface area (Å²) >= 11 is 11.7. The summed E-state index contributed by atoms with van der Waals surface area (Å²) in [4.78, 5) is 14.3. The van der Waals surface area contributed by atoms with Crippen LogP contribution in [0.25, 0.3) is 0 Å². The summed E-state index contributed by atoms with van der Waals surface area (Å²) in [6, 6.07) is 9.58. The van der Waals surface area contributed by atoms with Crippen LogP contribution < -0.4 is 4.72 Å². The third-order valence-electron chi connectivity index (χ3n) is 4.84. The minimum atomic E-state index is -3.89. The zero-order valence-corrected chi connectivity index (χ0v) is 19.2. The molecule has 0 aromatic heterocycles. The molecule has 0 unspecified atom stereocenters. The molecule has 0 radical (unpaired) electrons. The summed E-state index contributed by atoms with van der Waals surface area (Å²) in [5, 5.41) is 0.364. The maximum Gasteiger partial charge on any atom is 0.261 e. The van der Waals surface area contributed by atoms with Gasteiger partial charge in [-0.1, -0.05) is 23.2 Å². The minimum absolute atomic E-state index is 0.0336. The normalized spacial score (nSPS) is 18.2. The van der Waals surface area contributed by atoms with E-state index < -0.39 is 19.9 Å². The number of halogens is 2. The van der Waals surface area contributed by atoms with E-state index in [0.717, 1.165) is 0 Å². The van der Waals surface area contributed by atoms with Gasteiger partial charge in [0.15, 0.2) is 9.84 Å². The quantitative estimate of drug-likeness (QED) is 0.667. The molecule has 3 rings (SSSR count). The number of amides is 1. The smallest absolute Gasteiger partial charge is 0.261 e. The highest BCUT2D eigenvalue weighted by Crippen LogP contribution is 2.26. The Morgan fingerprint density at radius 3 is 2.33 bits per heavy atom. The molecule has 1 aliphatic heterocycles. The van der Waals surface area contributed by atoms with Gasteiger partial charge in [0, 0.05) is 23.8 Å². The summed E-state index contributed by atoms with van der Waals surface area (Å²) < 4.78 is 51.0. The van der Waals surface area contributed by atoms with Crippen molar-refractivity contribution in [2.24, 2.45) is 0 Å². The molecule has 0 saturated carbocycles. The SMILES string of the molecule is CCN(C(=O)c1ccc(NS(=O)(=O)c2ccc(Cl)c(Cl)c2)cc1)[C@H]1CCS(=O)(=O)C1. The van der Waals surface area contributed by atoms with Gasteiger partial charge >= 0.3 is 0 Å². The maximum absolute atomic E-state index is 12.8. The number of carbonyl (C=O) groups is 1. The highest BCUT2D eigenvalue weighted by Gasteiger charge is 2.34. The Bertz CT molecular complexity index is 1170. The highest BCUT2D eigenvalue weighted by molar-refractivity contribution is 7.92. The summed E-state index contributed by atoms with van der Waals surface area (Å²) in [7, 11) is -7.00. The minimum Gasteiger partial charge on any atom is -0.335 e. The average molecular weight is 491 g/mol. The summed E-state index contributed by atoms with van der Waals surface area (Å²) in [5.41, 5.74) is 0.614. The standard InChI is InChI=1S/C19H20Cl2N2O5S2/c1-2-23(15-9-10-29(25,26)12-15)19(24)13-3-5-14(6-4-13)22-30(27,28)16-7-8-17(20)18(21)11-16/h3-8,11,15,22H,2,9-10,12H2,1H3/t15-/m0/s1. The zero-order valence-electron chi connectivity index (χ0n) is 16.0. The molecule has 1 N–H and O–H groups in total. The lowest BCUT2D eigenvalue weighted by Gasteiger charge is -2.27. The van der Waals surface area contributed by atoms with Crippen molar-refractivity contribution < 1.29 is 21.6 Å². The summed E-state index contributed by atoms with van der Waals surface area (Å²) in [6.07, 6.45) is 0.420. The number of nitrogens with one attached hydrogen (secondary N) is 1. The van der Waals surface area contributed by atoms with Crippen LogP contribution in [0.1, 0.15) is 23.7 Å². The van der Waals surface area contributed by atoms with Crippen molar-refractivity contribution in [3.05, 3.63) is 58.1 Å². The molecule has 7 nitrogen and oxygen atoms in total. The number of nitrogens with zero attached hydrogens (tertiary/aromatic N) is 1. The Balaban J connectivity index is 1.75. The van der Waals surface area contributed by atoms with E-state index in [1.165, 1.54) is 42.5 Å². The lowest BCUT2D eigenvalue weighted by molar-refractivity contribution is 0.0708. The molecule has 0 aliphatic carbocycles. The molecule has 0 spiro atoms. The fourth-order valence-corrected chi connectivity index (χ4v) is 6.47. The van der Waals surface area contributed by atoms with Crippen molar-refractivity contribution in [1.29, 1.82) is 0 Å². The Morgan fingerprint density at radius 1 is 1.13 bits per heavy atom. The topological polar surface area (TPSA) is 101 Å². The van der Waals surface area contributed by atoms with Crippen LogP contribution in [0.15, 0.2) is 47.4 Å². The van der Waals surface area contributed by atoms with Gasteiger partial charge < -0.3 is 4.90 Å². The van der Waals surface area contributed by atoms with Gasteiger partial charge in [-0.3, -0.25) is 9.52 Å². The van der Waals surface area contributed by atoms with E-state index in [-0.39, 0.29) is 44.1 Å². The Labute approximate surface area is 186 Å². The molecule has 162 valence electrons. The van der Waals surface area contributed by atoms with Gasteiger partial charge in [-0.25, -0.2) is 16.8 Å². The third-order valence-corrected chi connectivity index (χ3v) is 8.70. The number of rotatable bonds is 6. The highest BCUT2D eigenvalue weighted by atomic mass is 35.5. The van der Waals surface area contributed by atoms with Crippen molar-refractivity contribution in [2.75, 3.05) is 22.8 Å². The van der Waals surface area contributed by atoms with E-state index in [1.54, 1.807) is 11.8 Å². The fraction of sp³-hybridized carbons (Fsp3) is 0.316. The number of anilines is 1. The van der Waals surface area contributed by atoms with Crippen LogP contribution in [0, 0.1) is 0 Å². The molecule has 1 saturated heterocycles. The Hall–Kier alpha value is -1.81. The molecule has 2 aromatic rings. The number of hydrogen-bond acceptors (Lipinski definition) is 5. The van der Waals surface area contributed by atoms with Crippen molar-refractivity contribution in [1.82, 2.24) is 4.90 Å². The van der Waals surface area contributed by atoms with Crippen molar-refractivity contribution in [3.63, 3.8) is 0 Å². The molecule has 1 atom stereocenters. The van der Waals surface area contributed by atoms with E-state index >= 15 is 0 Å². The molecule has 1 fully saturated rings. The number of benzene rings is 2. The first-order valence-electron chi connectivity index (χ1n) is 9.12. The fourth-order valence-electron chi connectivity index (χ4n) is 3.29. The van der Waals surface area contributed by atoms with Gasteiger partial charge in [0.1, 0.15) is 0 Å². The van der Waals surface area contributed by atoms with Gasteiger partial charge in [-0.05, 0) is 55.8 Å². The van der Waals surface area contributed by atoms with Crippen LogP contribution in [-0.4, -0.2) is 51.7 Å². The number of sulfone groups is 1. The lowest BCUT2D eigenvalue weighted by Crippen LogP contribution is -2.40. The molecule has 11 heteroatoms. The monoisotopic (exact) mass is 490 g/mol. The molecule has 30 heavy (non-hydrogen) atoms. The van der Waals surface area contributed by atoms with Gasteiger partial charge in [0.05, 0.1) is 26.4 Å². The van der Waals surface area contributed by atoms with E-state index in [1.807, 2.05) is 0 Å². The van der Waals surface area contributed by atoms with Crippen LogP contribution in [0.2, 0.25) is 10.0 Å². The molecule has 1 aliphatic rings. The van der Waals surface area contributed by atoms with Gasteiger partial charge in [0.25, 0.3) is 15.9 Å². The molecular weight excluding hydrogens is 471 g/mol. The molecule has 0 bridgehead atoms. The number of sulfonamides is 1. The van der Waals surface area contributed by atoms with Crippen LogP contribution in [0.5, 0.6) is 0 Å². The number of hydrogen-bond donors (Lipinski definition) is 1. The lowest BCUT2D eigenvalue weighted by atomic mass is 10.1. The van der Waals surface area contributed by atoms with Crippen LogP contribution in [0.3, 0.4) is 0 Å². The summed E-state index contributed by atoms with van der Waals surface area (Å²) in [6.45, 7) is 2.17. The first kappa shape index (κ1) is 22.9. The third kappa shape index (κ3) is 5.08. The predicted molar refractivity (Wildman–Crippen MR) is 117 cm³/mol. The number of carbonyl (C=O) groups excluding carboxylic acids is 1. The van der Waals surface area contributed by atoms with Gasteiger partial charge in [-0.2, -0.15) is 0 Å². The van der Waals surface area contributed by atoms with Crippen LogP contribution in [0.4, 0.5) is 5.69 Å². The van der Waals surface area contributed by atoms with Crippen LogP contribution in [-0.2, 0) is 19.9 Å². The van der Waals surface area contributed by atoms with E-state index in [9.17, 15) is 21.6 Å². The van der Waals surface area contributed by atoms with Crippen LogP contribution >= 0.6 is 23.2 Å². The van der Waals surface area contributed by atoms with Gasteiger partial charge in [-0.15, -0.1) is 0 Å². The second-order valence-corrected chi connectivity index (χ2v) is 11.6. The van der Waals surface area contributed by atoms with Crippen molar-refractivity contribution in [3.8, 4) is 0 Å². The van der Waals surface area contributed by atoms with E-state index in [2.05, 4.69) is 4.72 Å². The molecule has 1 heterocycles. The average Bonchev–Trinajstić information content (AvgIpc) is 3.04. The predicted octanol–water partition coefficient (Wildman–Crippen LogP) is 3.44. The first-order valence-corrected chi connectivity index (χ1v) is 13.2. The van der Waals surface area contributed by atoms with E-state index in [0.29, 0.717) is 18.5 Å². The molecule has 1 amide bonds. The maximum atomic E-state index is 12.8.